The van der Waals surface area contributed by atoms with Crippen molar-refractivity contribution in [3.8, 4) is 17.2 Å². The van der Waals surface area contributed by atoms with Crippen molar-refractivity contribution in [2.45, 2.75) is 19.1 Å². The van der Waals surface area contributed by atoms with Gasteiger partial charge in [0, 0.05) is 25.5 Å². The molecule has 4 aromatic rings. The molecule has 4 rings (SSSR count). The van der Waals surface area contributed by atoms with Crippen LogP contribution in [0.25, 0.3) is 0 Å². The number of amides is 2. The van der Waals surface area contributed by atoms with Gasteiger partial charge in [-0.25, -0.2) is 4.98 Å². The molecule has 0 spiro atoms. The summed E-state index contributed by atoms with van der Waals surface area (Å²) < 4.78 is 16.3. The molecule has 1 N–H and O–H groups in total. The molecule has 1 atom stereocenters. The fourth-order valence-electron chi connectivity index (χ4n) is 4.18. The molecular formula is C30H30N4O5. The third-order valence-electron chi connectivity index (χ3n) is 6.12. The number of hydrogen-bond donors (Lipinski definition) is 1. The van der Waals surface area contributed by atoms with Crippen LogP contribution in [-0.4, -0.2) is 48.0 Å². The van der Waals surface area contributed by atoms with Gasteiger partial charge in [0.15, 0.2) is 11.5 Å². The number of rotatable bonds is 11. The Hall–Kier alpha value is -4.92. The number of methoxy groups -OCH3 is 3. The zero-order valence-electron chi connectivity index (χ0n) is 22.0. The van der Waals surface area contributed by atoms with Crippen LogP contribution in [0.1, 0.15) is 33.2 Å². The minimum atomic E-state index is -1.03. The highest BCUT2D eigenvalue weighted by Gasteiger charge is 2.33. The highest BCUT2D eigenvalue weighted by atomic mass is 16.5. The maximum atomic E-state index is 13.9. The molecule has 9 heteroatoms. The molecular weight excluding hydrogens is 496 g/mol. The number of nitrogens with one attached hydrogen (secondary N) is 1. The van der Waals surface area contributed by atoms with Gasteiger partial charge in [-0.1, -0.05) is 48.5 Å². The van der Waals surface area contributed by atoms with Gasteiger partial charge in [-0.2, -0.15) is 0 Å². The third-order valence-corrected chi connectivity index (χ3v) is 6.12. The molecule has 0 saturated heterocycles. The second-order valence-corrected chi connectivity index (χ2v) is 8.60. The molecule has 0 radical (unpaired) electrons. The fraction of sp³-hybridized carbons (Fsp3) is 0.200. The van der Waals surface area contributed by atoms with Gasteiger partial charge in [0.1, 0.15) is 17.5 Å². The van der Waals surface area contributed by atoms with Crippen LogP contribution in [0, 0.1) is 0 Å². The Morgan fingerprint density at radius 3 is 2.31 bits per heavy atom. The zero-order chi connectivity index (χ0) is 27.6. The Balaban J connectivity index is 1.80. The van der Waals surface area contributed by atoms with E-state index in [1.165, 1.54) is 37.7 Å². The molecule has 3 aromatic carbocycles. The largest absolute Gasteiger partial charge is 0.497 e. The number of aromatic nitrogens is 2. The predicted octanol–water partition coefficient (Wildman–Crippen LogP) is 4.20. The van der Waals surface area contributed by atoms with Gasteiger partial charge in [-0.15, -0.1) is 0 Å². The van der Waals surface area contributed by atoms with Crippen molar-refractivity contribution in [3.63, 3.8) is 0 Å². The van der Waals surface area contributed by atoms with Crippen LogP contribution < -0.4 is 19.5 Å². The van der Waals surface area contributed by atoms with E-state index in [0.717, 1.165) is 11.1 Å². The van der Waals surface area contributed by atoms with E-state index in [9.17, 15) is 9.59 Å². The van der Waals surface area contributed by atoms with Gasteiger partial charge >= 0.3 is 0 Å². The van der Waals surface area contributed by atoms with Gasteiger partial charge in [0.05, 0.1) is 27.5 Å². The van der Waals surface area contributed by atoms with Gasteiger partial charge in [-0.3, -0.25) is 14.6 Å². The molecule has 1 heterocycles. The molecule has 200 valence electrons. The van der Waals surface area contributed by atoms with Crippen LogP contribution in [0.4, 0.5) is 0 Å². The first-order chi connectivity index (χ1) is 19.0. The summed E-state index contributed by atoms with van der Waals surface area (Å²) >= 11 is 0. The molecule has 0 saturated carbocycles. The Labute approximate surface area is 227 Å². The summed E-state index contributed by atoms with van der Waals surface area (Å²) in [7, 11) is 4.63. The number of ether oxygens (including phenoxy) is 3. The maximum absolute atomic E-state index is 13.9. The van der Waals surface area contributed by atoms with Crippen molar-refractivity contribution in [1.82, 2.24) is 20.2 Å². The summed E-state index contributed by atoms with van der Waals surface area (Å²) in [5.41, 5.74) is 2.35. The topological polar surface area (TPSA) is 103 Å². The third kappa shape index (κ3) is 6.70. The number of carbonyl (C=O) groups excluding carboxylic acids is 2. The molecule has 1 aromatic heterocycles. The van der Waals surface area contributed by atoms with Crippen LogP contribution in [0.2, 0.25) is 0 Å². The van der Waals surface area contributed by atoms with E-state index in [-0.39, 0.29) is 24.7 Å². The predicted molar refractivity (Wildman–Crippen MR) is 145 cm³/mol. The van der Waals surface area contributed by atoms with E-state index >= 15 is 0 Å². The molecule has 0 fully saturated rings. The van der Waals surface area contributed by atoms with Crippen LogP contribution in [0.5, 0.6) is 17.2 Å². The molecule has 0 unspecified atom stereocenters. The van der Waals surface area contributed by atoms with Crippen molar-refractivity contribution in [3.05, 3.63) is 114 Å². The van der Waals surface area contributed by atoms with E-state index in [2.05, 4.69) is 15.3 Å². The summed E-state index contributed by atoms with van der Waals surface area (Å²) in [5.74, 6) is 0.746. The maximum Gasteiger partial charge on any atom is 0.275 e. The number of hydrogen-bond acceptors (Lipinski definition) is 7. The molecule has 0 aliphatic heterocycles. The molecule has 2 amide bonds. The second-order valence-electron chi connectivity index (χ2n) is 8.60. The van der Waals surface area contributed by atoms with Crippen molar-refractivity contribution >= 4 is 11.8 Å². The fourth-order valence-corrected chi connectivity index (χ4v) is 4.18. The normalized spacial score (nSPS) is 11.3. The standard InChI is InChI=1S/C30H30N4O5/c1-37-24-11-7-10-22(16-24)20-34(30(36)25-19-31-14-15-32-25)28(23-12-13-26(38-2)27(17-23)39-3)29(35)33-18-21-8-5-4-6-9-21/h4-17,19,28H,18,20H2,1-3H3,(H,33,35)/t28-/m1/s1. The summed E-state index contributed by atoms with van der Waals surface area (Å²) in [6.07, 6.45) is 4.31. The molecule has 0 bridgehead atoms. The van der Waals surface area contributed by atoms with E-state index in [0.29, 0.717) is 22.8 Å². The SMILES string of the molecule is COc1cccc(CN(C(=O)c2cnccn2)[C@@H](C(=O)NCc2ccccc2)c2ccc(OC)c(OC)c2)c1. The van der Waals surface area contributed by atoms with E-state index in [1.807, 2.05) is 54.6 Å². The Bertz CT molecular complexity index is 1400. The highest BCUT2D eigenvalue weighted by Crippen LogP contribution is 2.33. The van der Waals surface area contributed by atoms with Crippen LogP contribution in [-0.2, 0) is 17.9 Å². The van der Waals surface area contributed by atoms with Gasteiger partial charge in [0.2, 0.25) is 5.91 Å². The lowest BCUT2D eigenvalue weighted by Crippen LogP contribution is -2.43. The Morgan fingerprint density at radius 2 is 1.62 bits per heavy atom. The van der Waals surface area contributed by atoms with Crippen molar-refractivity contribution in [1.29, 1.82) is 0 Å². The Morgan fingerprint density at radius 1 is 0.846 bits per heavy atom. The first-order valence-corrected chi connectivity index (χ1v) is 12.3. The molecule has 9 nitrogen and oxygen atoms in total. The van der Waals surface area contributed by atoms with Crippen LogP contribution >= 0.6 is 0 Å². The van der Waals surface area contributed by atoms with Crippen molar-refractivity contribution in [2.75, 3.05) is 21.3 Å². The monoisotopic (exact) mass is 526 g/mol. The summed E-state index contributed by atoms with van der Waals surface area (Å²) in [4.78, 5) is 37.6. The van der Waals surface area contributed by atoms with E-state index in [1.54, 1.807) is 25.3 Å². The van der Waals surface area contributed by atoms with Gasteiger partial charge in [0.25, 0.3) is 5.91 Å². The average Bonchev–Trinajstić information content (AvgIpc) is 3.00. The van der Waals surface area contributed by atoms with E-state index in [4.69, 9.17) is 14.2 Å². The Kier molecular flexibility index (Phi) is 9.07. The first kappa shape index (κ1) is 27.1. The lowest BCUT2D eigenvalue weighted by atomic mass is 10.0. The van der Waals surface area contributed by atoms with Gasteiger partial charge in [-0.05, 0) is 41.0 Å². The summed E-state index contributed by atoms with van der Waals surface area (Å²) in [6, 6.07) is 21.0. The average molecular weight is 527 g/mol. The zero-order valence-corrected chi connectivity index (χ0v) is 22.0. The smallest absolute Gasteiger partial charge is 0.275 e. The summed E-state index contributed by atoms with van der Waals surface area (Å²) in [6.45, 7) is 0.389. The van der Waals surface area contributed by atoms with Crippen LogP contribution in [0.3, 0.4) is 0 Å². The quantitative estimate of drug-likeness (QED) is 0.312. The lowest BCUT2D eigenvalue weighted by molar-refractivity contribution is -0.126. The van der Waals surface area contributed by atoms with E-state index < -0.39 is 11.9 Å². The van der Waals surface area contributed by atoms with Gasteiger partial charge < -0.3 is 24.4 Å². The molecule has 39 heavy (non-hydrogen) atoms. The summed E-state index contributed by atoms with van der Waals surface area (Å²) in [5, 5.41) is 2.99. The minimum Gasteiger partial charge on any atom is -0.497 e. The highest BCUT2D eigenvalue weighted by molar-refractivity contribution is 5.96. The number of carbonyl (C=O) groups is 2. The molecule has 0 aliphatic carbocycles. The lowest BCUT2D eigenvalue weighted by Gasteiger charge is -2.31. The van der Waals surface area contributed by atoms with Crippen LogP contribution in [0.15, 0.2) is 91.4 Å². The van der Waals surface area contributed by atoms with Crippen molar-refractivity contribution in [2.24, 2.45) is 0 Å². The minimum absolute atomic E-state index is 0.102. The second kappa shape index (κ2) is 13.0. The molecule has 0 aliphatic rings. The number of benzene rings is 3. The van der Waals surface area contributed by atoms with Crippen molar-refractivity contribution < 1.29 is 23.8 Å². The number of nitrogens with zero attached hydrogens (tertiary/aromatic N) is 3. The first-order valence-electron chi connectivity index (χ1n) is 12.3.